The smallest absolute Gasteiger partial charge is 0.0892 e. The van der Waals surface area contributed by atoms with Crippen molar-refractivity contribution in [1.29, 1.82) is 0 Å². The molecule has 2 atom stereocenters. The molecule has 2 unspecified atom stereocenters. The van der Waals surface area contributed by atoms with E-state index in [-0.39, 0.29) is 6.10 Å². The average molecular weight is 247 g/mol. The van der Waals surface area contributed by atoms with E-state index in [1.54, 1.807) is 7.11 Å². The fraction of sp³-hybridized carbons (Fsp3) is 0.455. The van der Waals surface area contributed by atoms with Gasteiger partial charge in [0.25, 0.3) is 0 Å². The number of thioether (sulfide) groups is 1. The van der Waals surface area contributed by atoms with Gasteiger partial charge in [0.1, 0.15) is 0 Å². The van der Waals surface area contributed by atoms with Crippen LogP contribution in [0.15, 0.2) is 29.2 Å². The van der Waals surface area contributed by atoms with Gasteiger partial charge in [-0.2, -0.15) is 0 Å². The van der Waals surface area contributed by atoms with Crippen LogP contribution in [0.4, 0.5) is 0 Å². The predicted octanol–water partition coefficient (Wildman–Crippen LogP) is 2.83. The Labute approximate surface area is 99.6 Å². The van der Waals surface area contributed by atoms with Gasteiger partial charge in [0.2, 0.25) is 0 Å². The van der Waals surface area contributed by atoms with Gasteiger partial charge in [-0.15, -0.1) is 11.8 Å². The zero-order valence-electron chi connectivity index (χ0n) is 8.81. The van der Waals surface area contributed by atoms with E-state index in [0.717, 1.165) is 9.92 Å². The summed E-state index contributed by atoms with van der Waals surface area (Å²) in [5, 5.41) is 10.4. The number of hydrogen-bond acceptors (Lipinski definition) is 3. The second kappa shape index (κ2) is 6.38. The van der Waals surface area contributed by atoms with E-state index in [4.69, 9.17) is 16.3 Å². The highest BCUT2D eigenvalue weighted by atomic mass is 35.5. The first-order chi connectivity index (χ1) is 7.15. The van der Waals surface area contributed by atoms with Gasteiger partial charge >= 0.3 is 0 Å². The molecule has 0 saturated heterocycles. The van der Waals surface area contributed by atoms with Crippen LogP contribution in [0.5, 0.6) is 0 Å². The van der Waals surface area contributed by atoms with Gasteiger partial charge in [0.05, 0.1) is 17.2 Å². The lowest BCUT2D eigenvalue weighted by Crippen LogP contribution is -2.26. The summed E-state index contributed by atoms with van der Waals surface area (Å²) >= 11 is 7.52. The predicted molar refractivity (Wildman–Crippen MR) is 64.7 cm³/mol. The van der Waals surface area contributed by atoms with E-state index >= 15 is 0 Å². The SMILES string of the molecule is COC(C)C(O)CSc1ccccc1Cl. The summed E-state index contributed by atoms with van der Waals surface area (Å²) in [6.45, 7) is 1.85. The number of aliphatic hydroxyl groups excluding tert-OH is 1. The lowest BCUT2D eigenvalue weighted by Gasteiger charge is -2.16. The van der Waals surface area contributed by atoms with Gasteiger partial charge in [-0.05, 0) is 19.1 Å². The molecule has 0 fully saturated rings. The minimum atomic E-state index is -0.476. The molecular formula is C11H15ClO2S. The minimum absolute atomic E-state index is 0.153. The van der Waals surface area contributed by atoms with E-state index in [9.17, 15) is 5.11 Å². The first-order valence-electron chi connectivity index (χ1n) is 4.73. The Morgan fingerprint density at radius 2 is 2.13 bits per heavy atom. The van der Waals surface area contributed by atoms with Crippen molar-refractivity contribution in [1.82, 2.24) is 0 Å². The summed E-state index contributed by atoms with van der Waals surface area (Å²) < 4.78 is 5.03. The number of methoxy groups -OCH3 is 1. The quantitative estimate of drug-likeness (QED) is 0.811. The molecule has 1 aromatic rings. The Kier molecular flexibility index (Phi) is 5.47. The summed E-state index contributed by atoms with van der Waals surface area (Å²) in [6, 6.07) is 7.61. The molecule has 1 N–H and O–H groups in total. The number of ether oxygens (including phenoxy) is 1. The van der Waals surface area contributed by atoms with Crippen molar-refractivity contribution in [3.05, 3.63) is 29.3 Å². The molecule has 0 radical (unpaired) electrons. The third-order valence-corrected chi connectivity index (χ3v) is 3.78. The summed E-state index contributed by atoms with van der Waals surface area (Å²) in [7, 11) is 1.59. The fourth-order valence-corrected chi connectivity index (χ4v) is 2.33. The zero-order chi connectivity index (χ0) is 11.3. The Morgan fingerprint density at radius 3 is 2.73 bits per heavy atom. The van der Waals surface area contributed by atoms with Crippen LogP contribution in [0.2, 0.25) is 5.02 Å². The first kappa shape index (κ1) is 12.8. The maximum Gasteiger partial charge on any atom is 0.0892 e. The minimum Gasteiger partial charge on any atom is -0.390 e. The third kappa shape index (κ3) is 4.03. The maximum absolute atomic E-state index is 9.68. The van der Waals surface area contributed by atoms with Crippen molar-refractivity contribution >= 4 is 23.4 Å². The Balaban J connectivity index is 2.47. The van der Waals surface area contributed by atoms with E-state index < -0.39 is 6.10 Å². The van der Waals surface area contributed by atoms with Crippen LogP contribution >= 0.6 is 23.4 Å². The first-order valence-corrected chi connectivity index (χ1v) is 6.09. The summed E-state index contributed by atoms with van der Waals surface area (Å²) in [6.07, 6.45) is -0.628. The number of hydrogen-bond donors (Lipinski definition) is 1. The molecule has 1 aromatic carbocycles. The largest absolute Gasteiger partial charge is 0.390 e. The van der Waals surface area contributed by atoms with Gasteiger partial charge in [-0.3, -0.25) is 0 Å². The van der Waals surface area contributed by atoms with E-state index in [1.807, 2.05) is 31.2 Å². The molecule has 0 bridgehead atoms. The number of benzene rings is 1. The molecule has 0 aromatic heterocycles. The maximum atomic E-state index is 9.68. The van der Waals surface area contributed by atoms with Crippen LogP contribution in [0.3, 0.4) is 0 Å². The van der Waals surface area contributed by atoms with E-state index in [1.165, 1.54) is 11.8 Å². The molecule has 0 spiro atoms. The third-order valence-electron chi connectivity index (χ3n) is 2.16. The zero-order valence-corrected chi connectivity index (χ0v) is 10.4. The standard InChI is InChI=1S/C11H15ClO2S/c1-8(14-2)10(13)7-15-11-6-4-3-5-9(11)12/h3-6,8,10,13H,7H2,1-2H3. The molecule has 84 valence electrons. The highest BCUT2D eigenvalue weighted by Crippen LogP contribution is 2.27. The van der Waals surface area contributed by atoms with Gasteiger partial charge in [0, 0.05) is 17.8 Å². The van der Waals surface area contributed by atoms with Crippen LogP contribution in [-0.4, -0.2) is 30.2 Å². The monoisotopic (exact) mass is 246 g/mol. The Morgan fingerprint density at radius 1 is 1.47 bits per heavy atom. The average Bonchev–Trinajstić information content (AvgIpc) is 2.26. The van der Waals surface area contributed by atoms with Crippen molar-refractivity contribution in [2.45, 2.75) is 24.0 Å². The van der Waals surface area contributed by atoms with Crippen molar-refractivity contribution in [2.75, 3.05) is 12.9 Å². The Hall–Kier alpha value is -0.220. The summed E-state index contributed by atoms with van der Waals surface area (Å²) in [5.41, 5.74) is 0. The molecule has 0 aliphatic rings. The second-order valence-electron chi connectivity index (χ2n) is 3.25. The molecule has 0 aliphatic carbocycles. The number of rotatable bonds is 5. The highest BCUT2D eigenvalue weighted by molar-refractivity contribution is 7.99. The Bertz CT molecular complexity index is 306. The van der Waals surface area contributed by atoms with Crippen LogP contribution in [0.1, 0.15) is 6.92 Å². The van der Waals surface area contributed by atoms with Crippen molar-refractivity contribution < 1.29 is 9.84 Å². The molecule has 0 saturated carbocycles. The highest BCUT2D eigenvalue weighted by Gasteiger charge is 2.13. The number of aliphatic hydroxyl groups is 1. The van der Waals surface area contributed by atoms with Crippen LogP contribution in [0.25, 0.3) is 0 Å². The molecule has 1 rings (SSSR count). The summed E-state index contributed by atoms with van der Waals surface area (Å²) in [4.78, 5) is 0.988. The molecule has 2 nitrogen and oxygen atoms in total. The normalized spacial score (nSPS) is 14.9. The van der Waals surface area contributed by atoms with Crippen LogP contribution in [0, 0.1) is 0 Å². The fourth-order valence-electron chi connectivity index (χ4n) is 1.03. The molecule has 0 heterocycles. The van der Waals surface area contributed by atoms with Gasteiger partial charge < -0.3 is 9.84 Å². The van der Waals surface area contributed by atoms with Gasteiger partial charge in [0.15, 0.2) is 0 Å². The molecule has 4 heteroatoms. The van der Waals surface area contributed by atoms with E-state index in [0.29, 0.717) is 5.75 Å². The van der Waals surface area contributed by atoms with Gasteiger partial charge in [-0.25, -0.2) is 0 Å². The van der Waals surface area contributed by atoms with Crippen molar-refractivity contribution in [3.8, 4) is 0 Å². The van der Waals surface area contributed by atoms with Crippen molar-refractivity contribution in [2.24, 2.45) is 0 Å². The topological polar surface area (TPSA) is 29.5 Å². The molecule has 0 aliphatic heterocycles. The lowest BCUT2D eigenvalue weighted by atomic mass is 10.3. The molecular weight excluding hydrogens is 232 g/mol. The molecule has 15 heavy (non-hydrogen) atoms. The van der Waals surface area contributed by atoms with E-state index in [2.05, 4.69) is 0 Å². The van der Waals surface area contributed by atoms with Gasteiger partial charge in [-0.1, -0.05) is 23.7 Å². The summed E-state index contributed by atoms with van der Waals surface area (Å²) in [5.74, 6) is 0.582. The number of halogens is 1. The lowest BCUT2D eigenvalue weighted by molar-refractivity contribution is 0.0125. The second-order valence-corrected chi connectivity index (χ2v) is 4.72. The molecule has 0 amide bonds. The van der Waals surface area contributed by atoms with Crippen LogP contribution < -0.4 is 0 Å². The van der Waals surface area contributed by atoms with Crippen molar-refractivity contribution in [3.63, 3.8) is 0 Å². The van der Waals surface area contributed by atoms with Crippen LogP contribution in [-0.2, 0) is 4.74 Å².